The van der Waals surface area contributed by atoms with Gasteiger partial charge in [0.25, 0.3) is 0 Å². The summed E-state index contributed by atoms with van der Waals surface area (Å²) in [5.74, 6) is -0.510. The third kappa shape index (κ3) is 1.08. The van der Waals surface area contributed by atoms with Gasteiger partial charge in [0.2, 0.25) is 0 Å². The summed E-state index contributed by atoms with van der Waals surface area (Å²) in [6.07, 6.45) is 2.14. The lowest BCUT2D eigenvalue weighted by Gasteiger charge is -2.38. The fraction of sp³-hybridized carbons (Fsp3) is 1.00. The highest BCUT2D eigenvalue weighted by molar-refractivity contribution is 4.94. The maximum absolute atomic E-state index is 5.68. The quantitative estimate of drug-likeness (QED) is 0.597. The Labute approximate surface area is 73.0 Å². The average Bonchev–Trinajstić information content (AvgIpc) is 2.60. The molecule has 2 rings (SSSR count). The molecule has 0 aliphatic carbocycles. The van der Waals surface area contributed by atoms with E-state index in [9.17, 15) is 0 Å². The first-order chi connectivity index (χ1) is 5.66. The van der Waals surface area contributed by atoms with E-state index in [1.165, 1.54) is 0 Å². The van der Waals surface area contributed by atoms with Crippen LogP contribution in [0.4, 0.5) is 0 Å². The van der Waals surface area contributed by atoms with Crippen LogP contribution < -0.4 is 0 Å². The van der Waals surface area contributed by atoms with Crippen molar-refractivity contribution < 1.29 is 14.2 Å². The van der Waals surface area contributed by atoms with Crippen LogP contribution in [-0.4, -0.2) is 31.2 Å². The standard InChI is InChI=1S/C9H16O3/c1-8(4-3-5-10-8)9(2)11-6-7-12-9/h3-7H2,1-2H3. The topological polar surface area (TPSA) is 27.7 Å². The summed E-state index contributed by atoms with van der Waals surface area (Å²) >= 11 is 0. The van der Waals surface area contributed by atoms with Crippen LogP contribution in [0.5, 0.6) is 0 Å². The second-order valence-corrected chi connectivity index (χ2v) is 3.83. The van der Waals surface area contributed by atoms with Gasteiger partial charge in [-0.15, -0.1) is 0 Å². The zero-order valence-corrected chi connectivity index (χ0v) is 7.76. The smallest absolute Gasteiger partial charge is 0.194 e. The molecule has 0 amide bonds. The van der Waals surface area contributed by atoms with E-state index in [-0.39, 0.29) is 5.60 Å². The lowest BCUT2D eigenvalue weighted by molar-refractivity contribution is -0.254. The minimum atomic E-state index is -0.510. The predicted octanol–water partition coefficient (Wildman–Crippen LogP) is 1.32. The Morgan fingerprint density at radius 3 is 2.08 bits per heavy atom. The van der Waals surface area contributed by atoms with Crippen LogP contribution in [0.2, 0.25) is 0 Å². The van der Waals surface area contributed by atoms with Gasteiger partial charge in [-0.2, -0.15) is 0 Å². The zero-order valence-electron chi connectivity index (χ0n) is 7.76. The van der Waals surface area contributed by atoms with Gasteiger partial charge in [-0.05, 0) is 26.7 Å². The van der Waals surface area contributed by atoms with Crippen LogP contribution in [0.15, 0.2) is 0 Å². The van der Waals surface area contributed by atoms with Crippen molar-refractivity contribution in [3.8, 4) is 0 Å². The van der Waals surface area contributed by atoms with Crippen LogP contribution in [0.1, 0.15) is 26.7 Å². The number of hydrogen-bond acceptors (Lipinski definition) is 3. The normalized spacial score (nSPS) is 40.5. The van der Waals surface area contributed by atoms with Crippen molar-refractivity contribution in [2.75, 3.05) is 19.8 Å². The Bertz CT molecular complexity index is 147. The van der Waals surface area contributed by atoms with Crippen molar-refractivity contribution in [3.63, 3.8) is 0 Å². The Morgan fingerprint density at radius 1 is 0.917 bits per heavy atom. The van der Waals surface area contributed by atoms with Gasteiger partial charge in [0.1, 0.15) is 5.60 Å². The van der Waals surface area contributed by atoms with Gasteiger partial charge in [-0.25, -0.2) is 0 Å². The maximum Gasteiger partial charge on any atom is 0.194 e. The molecule has 3 nitrogen and oxygen atoms in total. The Balaban J connectivity index is 2.14. The molecule has 2 heterocycles. The first kappa shape index (κ1) is 8.48. The van der Waals surface area contributed by atoms with Crippen molar-refractivity contribution in [1.82, 2.24) is 0 Å². The zero-order chi connectivity index (χ0) is 8.66. The molecule has 0 aromatic rings. The molecule has 2 saturated heterocycles. The van der Waals surface area contributed by atoms with Gasteiger partial charge in [0.05, 0.1) is 13.2 Å². The molecule has 2 fully saturated rings. The molecular weight excluding hydrogens is 156 g/mol. The maximum atomic E-state index is 5.68. The minimum Gasteiger partial charge on any atom is -0.370 e. The van der Waals surface area contributed by atoms with Crippen LogP contribution in [0.25, 0.3) is 0 Å². The molecule has 0 radical (unpaired) electrons. The molecule has 0 bridgehead atoms. The van der Waals surface area contributed by atoms with Gasteiger partial charge < -0.3 is 14.2 Å². The summed E-state index contributed by atoms with van der Waals surface area (Å²) in [6, 6.07) is 0. The highest BCUT2D eigenvalue weighted by Gasteiger charge is 2.52. The third-order valence-corrected chi connectivity index (χ3v) is 3.02. The molecule has 0 spiro atoms. The molecular formula is C9H16O3. The van der Waals surface area contributed by atoms with E-state index in [4.69, 9.17) is 14.2 Å². The van der Waals surface area contributed by atoms with Gasteiger partial charge in [-0.3, -0.25) is 0 Å². The molecule has 2 aliphatic heterocycles. The Morgan fingerprint density at radius 2 is 1.58 bits per heavy atom. The SMILES string of the molecule is CC1(C2(C)OCCO2)CCCO1. The van der Waals surface area contributed by atoms with Gasteiger partial charge in [0, 0.05) is 6.61 Å². The Hall–Kier alpha value is -0.120. The molecule has 2 aliphatic rings. The molecule has 12 heavy (non-hydrogen) atoms. The monoisotopic (exact) mass is 172 g/mol. The number of hydrogen-bond donors (Lipinski definition) is 0. The largest absolute Gasteiger partial charge is 0.370 e. The lowest BCUT2D eigenvalue weighted by atomic mass is 9.93. The van der Waals surface area contributed by atoms with E-state index in [2.05, 4.69) is 6.92 Å². The van der Waals surface area contributed by atoms with E-state index in [0.29, 0.717) is 13.2 Å². The number of ether oxygens (including phenoxy) is 3. The van der Waals surface area contributed by atoms with E-state index < -0.39 is 5.79 Å². The molecule has 0 aromatic heterocycles. The molecule has 0 N–H and O–H groups in total. The van der Waals surface area contributed by atoms with Gasteiger partial charge in [0.15, 0.2) is 5.79 Å². The molecule has 70 valence electrons. The second kappa shape index (κ2) is 2.69. The van der Waals surface area contributed by atoms with E-state index in [0.717, 1.165) is 19.4 Å². The number of rotatable bonds is 1. The molecule has 0 saturated carbocycles. The van der Waals surface area contributed by atoms with E-state index in [1.807, 2.05) is 6.92 Å². The third-order valence-electron chi connectivity index (χ3n) is 3.02. The summed E-state index contributed by atoms with van der Waals surface area (Å²) in [5.41, 5.74) is -0.233. The summed E-state index contributed by atoms with van der Waals surface area (Å²) in [6.45, 7) is 6.26. The molecule has 3 heteroatoms. The first-order valence-corrected chi connectivity index (χ1v) is 4.58. The summed E-state index contributed by atoms with van der Waals surface area (Å²) in [7, 11) is 0. The van der Waals surface area contributed by atoms with Crippen molar-refractivity contribution in [3.05, 3.63) is 0 Å². The van der Waals surface area contributed by atoms with Crippen molar-refractivity contribution in [2.24, 2.45) is 0 Å². The van der Waals surface area contributed by atoms with Crippen LogP contribution in [-0.2, 0) is 14.2 Å². The molecule has 1 atom stereocenters. The summed E-state index contributed by atoms with van der Waals surface area (Å²) < 4.78 is 16.8. The first-order valence-electron chi connectivity index (χ1n) is 4.58. The molecule has 1 unspecified atom stereocenters. The highest BCUT2D eigenvalue weighted by Crippen LogP contribution is 2.40. The second-order valence-electron chi connectivity index (χ2n) is 3.83. The minimum absolute atomic E-state index is 0.233. The van der Waals surface area contributed by atoms with Gasteiger partial charge >= 0.3 is 0 Å². The fourth-order valence-corrected chi connectivity index (χ4v) is 1.96. The van der Waals surface area contributed by atoms with Crippen LogP contribution in [0.3, 0.4) is 0 Å². The summed E-state index contributed by atoms with van der Waals surface area (Å²) in [5, 5.41) is 0. The predicted molar refractivity (Wildman–Crippen MR) is 43.9 cm³/mol. The van der Waals surface area contributed by atoms with Crippen molar-refractivity contribution >= 4 is 0 Å². The summed E-state index contributed by atoms with van der Waals surface area (Å²) in [4.78, 5) is 0. The van der Waals surface area contributed by atoms with E-state index in [1.54, 1.807) is 0 Å². The van der Waals surface area contributed by atoms with Gasteiger partial charge in [-0.1, -0.05) is 0 Å². The lowest BCUT2D eigenvalue weighted by Crippen LogP contribution is -2.50. The van der Waals surface area contributed by atoms with Crippen molar-refractivity contribution in [2.45, 2.75) is 38.1 Å². The molecule has 0 aromatic carbocycles. The fourth-order valence-electron chi connectivity index (χ4n) is 1.96. The van der Waals surface area contributed by atoms with E-state index >= 15 is 0 Å². The highest BCUT2D eigenvalue weighted by atomic mass is 16.8. The average molecular weight is 172 g/mol. The Kier molecular flexibility index (Phi) is 1.90. The van der Waals surface area contributed by atoms with Crippen LogP contribution in [0, 0.1) is 0 Å². The van der Waals surface area contributed by atoms with Crippen LogP contribution >= 0.6 is 0 Å². The van der Waals surface area contributed by atoms with Crippen molar-refractivity contribution in [1.29, 1.82) is 0 Å².